The zero-order valence-electron chi connectivity index (χ0n) is 12.2. The van der Waals surface area contributed by atoms with Crippen LogP contribution in [0.25, 0.3) is 0 Å². The van der Waals surface area contributed by atoms with Crippen LogP contribution in [-0.2, 0) is 17.6 Å². The van der Waals surface area contributed by atoms with E-state index in [1.54, 1.807) is 7.11 Å². The predicted octanol–water partition coefficient (Wildman–Crippen LogP) is 1.21. The van der Waals surface area contributed by atoms with Gasteiger partial charge in [0.25, 0.3) is 0 Å². The maximum Gasteiger partial charge on any atom is 0.119 e. The lowest BCUT2D eigenvalue weighted by atomic mass is 9.87. The third kappa shape index (κ3) is 2.82. The van der Waals surface area contributed by atoms with Crippen molar-refractivity contribution in [1.82, 2.24) is 4.90 Å². The fraction of sp³-hybridized carbons (Fsp3) is 0.625. The monoisotopic (exact) mass is 276 g/mol. The summed E-state index contributed by atoms with van der Waals surface area (Å²) in [6.07, 6.45) is 3.71. The molecule has 0 saturated carbocycles. The van der Waals surface area contributed by atoms with Crippen LogP contribution in [0.15, 0.2) is 18.2 Å². The van der Waals surface area contributed by atoms with Gasteiger partial charge in [0.2, 0.25) is 0 Å². The second-order valence-corrected chi connectivity index (χ2v) is 5.75. The van der Waals surface area contributed by atoms with Crippen LogP contribution in [0.3, 0.4) is 0 Å². The number of rotatable bonds is 3. The highest BCUT2D eigenvalue weighted by atomic mass is 16.5. The normalized spacial score (nSPS) is 27.1. The number of nitrogens with two attached hydrogens (primary N) is 1. The summed E-state index contributed by atoms with van der Waals surface area (Å²) in [6.45, 7) is 3.43. The first-order chi connectivity index (χ1) is 9.80. The number of aryl methyl sites for hydroxylation is 1. The smallest absolute Gasteiger partial charge is 0.119 e. The zero-order chi connectivity index (χ0) is 13.9. The van der Waals surface area contributed by atoms with E-state index >= 15 is 0 Å². The molecule has 1 heterocycles. The highest BCUT2D eigenvalue weighted by molar-refractivity contribution is 5.37. The number of hydrogen-bond acceptors (Lipinski definition) is 4. The molecular formula is C16H24N2O2. The van der Waals surface area contributed by atoms with E-state index in [4.69, 9.17) is 15.2 Å². The molecule has 4 nitrogen and oxygen atoms in total. The Morgan fingerprint density at radius 2 is 2.30 bits per heavy atom. The first kappa shape index (κ1) is 13.9. The van der Waals surface area contributed by atoms with Gasteiger partial charge < -0.3 is 15.2 Å². The van der Waals surface area contributed by atoms with Crippen molar-refractivity contribution in [3.8, 4) is 5.75 Å². The van der Waals surface area contributed by atoms with Crippen molar-refractivity contribution in [3.63, 3.8) is 0 Å². The molecule has 1 aliphatic carbocycles. The van der Waals surface area contributed by atoms with Crippen LogP contribution in [0.5, 0.6) is 5.75 Å². The molecule has 20 heavy (non-hydrogen) atoms. The summed E-state index contributed by atoms with van der Waals surface area (Å²) in [4.78, 5) is 2.56. The molecule has 2 atom stereocenters. The van der Waals surface area contributed by atoms with Gasteiger partial charge in [0.1, 0.15) is 5.75 Å². The third-order valence-corrected chi connectivity index (χ3v) is 4.57. The Bertz CT molecular complexity index is 464. The summed E-state index contributed by atoms with van der Waals surface area (Å²) in [5, 5.41) is 0. The Balaban J connectivity index is 1.71. The average molecular weight is 276 g/mol. The Hall–Kier alpha value is -1.10. The van der Waals surface area contributed by atoms with E-state index in [-0.39, 0.29) is 6.10 Å². The molecule has 1 fully saturated rings. The second kappa shape index (κ2) is 6.12. The molecular weight excluding hydrogens is 252 g/mol. The average Bonchev–Trinajstić information content (AvgIpc) is 2.53. The molecule has 4 heteroatoms. The fourth-order valence-corrected chi connectivity index (χ4v) is 3.37. The Morgan fingerprint density at radius 3 is 3.10 bits per heavy atom. The number of methoxy groups -OCH3 is 1. The second-order valence-electron chi connectivity index (χ2n) is 5.75. The molecule has 2 N–H and O–H groups in total. The number of nitrogens with zero attached hydrogens (tertiary/aromatic N) is 1. The highest BCUT2D eigenvalue weighted by Gasteiger charge is 2.28. The number of ether oxygens (including phenoxy) is 2. The minimum atomic E-state index is 0.204. The van der Waals surface area contributed by atoms with Crippen LogP contribution >= 0.6 is 0 Å². The summed E-state index contributed by atoms with van der Waals surface area (Å²) in [6, 6.07) is 7.10. The molecule has 0 spiro atoms. The van der Waals surface area contributed by atoms with Crippen molar-refractivity contribution >= 4 is 0 Å². The Morgan fingerprint density at radius 1 is 1.40 bits per heavy atom. The highest BCUT2D eigenvalue weighted by Crippen LogP contribution is 2.28. The molecule has 2 aliphatic rings. The predicted molar refractivity (Wildman–Crippen MR) is 79.2 cm³/mol. The van der Waals surface area contributed by atoms with Crippen LogP contribution in [0.1, 0.15) is 17.5 Å². The molecule has 1 aromatic rings. The van der Waals surface area contributed by atoms with Gasteiger partial charge in [-0.2, -0.15) is 0 Å². The molecule has 0 bridgehead atoms. The number of hydrogen-bond donors (Lipinski definition) is 1. The van der Waals surface area contributed by atoms with Gasteiger partial charge in [-0.1, -0.05) is 6.07 Å². The van der Waals surface area contributed by atoms with E-state index in [1.807, 2.05) is 0 Å². The Labute approximate surface area is 120 Å². The maximum atomic E-state index is 5.74. The molecule has 1 aromatic carbocycles. The van der Waals surface area contributed by atoms with Crippen molar-refractivity contribution in [1.29, 1.82) is 0 Å². The first-order valence-corrected chi connectivity index (χ1v) is 7.51. The van der Waals surface area contributed by atoms with E-state index in [9.17, 15) is 0 Å². The Kier molecular flexibility index (Phi) is 4.24. The minimum absolute atomic E-state index is 0.204. The van der Waals surface area contributed by atoms with Gasteiger partial charge in [-0.25, -0.2) is 0 Å². The van der Waals surface area contributed by atoms with Crippen molar-refractivity contribution in [3.05, 3.63) is 29.3 Å². The molecule has 0 radical (unpaired) electrons. The van der Waals surface area contributed by atoms with Crippen LogP contribution in [0.4, 0.5) is 0 Å². The van der Waals surface area contributed by atoms with Crippen LogP contribution in [0, 0.1) is 0 Å². The molecule has 0 aromatic heterocycles. The van der Waals surface area contributed by atoms with Crippen molar-refractivity contribution in [2.45, 2.75) is 31.4 Å². The number of fused-ring (bicyclic) bond motifs is 1. The lowest BCUT2D eigenvalue weighted by molar-refractivity contribution is -0.0402. The van der Waals surface area contributed by atoms with Crippen molar-refractivity contribution in [2.24, 2.45) is 5.73 Å². The standard InChI is InChI=1S/C16H24N2O2/c1-19-15-5-3-12-2-4-14(8-13(12)9-15)18-6-7-20-16(10-17)11-18/h3,5,9,14,16H,2,4,6-8,10-11,17H2,1H3. The minimum Gasteiger partial charge on any atom is -0.497 e. The maximum absolute atomic E-state index is 5.74. The summed E-state index contributed by atoms with van der Waals surface area (Å²) >= 11 is 0. The van der Waals surface area contributed by atoms with E-state index in [0.717, 1.165) is 38.3 Å². The summed E-state index contributed by atoms with van der Waals surface area (Å²) in [5.74, 6) is 0.964. The quantitative estimate of drug-likeness (QED) is 0.901. The van der Waals surface area contributed by atoms with E-state index in [2.05, 4.69) is 23.1 Å². The SMILES string of the molecule is COc1ccc2c(c1)CC(N1CCOC(CN)C1)CC2. The lowest BCUT2D eigenvalue weighted by Gasteiger charge is -2.40. The molecule has 0 amide bonds. The zero-order valence-corrected chi connectivity index (χ0v) is 12.2. The number of morpholine rings is 1. The largest absolute Gasteiger partial charge is 0.497 e. The third-order valence-electron chi connectivity index (χ3n) is 4.57. The van der Waals surface area contributed by atoms with Crippen LogP contribution in [-0.4, -0.2) is 50.4 Å². The summed E-state index contributed by atoms with van der Waals surface area (Å²) in [7, 11) is 1.73. The van der Waals surface area contributed by atoms with E-state index in [1.165, 1.54) is 17.5 Å². The fourth-order valence-electron chi connectivity index (χ4n) is 3.37. The molecule has 3 rings (SSSR count). The van der Waals surface area contributed by atoms with Gasteiger partial charge in [-0.05, 0) is 42.5 Å². The van der Waals surface area contributed by atoms with Crippen LogP contribution in [0.2, 0.25) is 0 Å². The topological polar surface area (TPSA) is 47.7 Å². The lowest BCUT2D eigenvalue weighted by Crippen LogP contribution is -2.51. The van der Waals surface area contributed by atoms with Crippen molar-refractivity contribution < 1.29 is 9.47 Å². The van der Waals surface area contributed by atoms with Crippen molar-refractivity contribution in [2.75, 3.05) is 33.4 Å². The van der Waals surface area contributed by atoms with Gasteiger partial charge in [-0.15, -0.1) is 0 Å². The number of benzene rings is 1. The van der Waals surface area contributed by atoms with E-state index in [0.29, 0.717) is 12.6 Å². The first-order valence-electron chi connectivity index (χ1n) is 7.51. The van der Waals surface area contributed by atoms with Gasteiger partial charge in [0.15, 0.2) is 0 Å². The molecule has 2 unspecified atom stereocenters. The molecule has 1 saturated heterocycles. The van der Waals surface area contributed by atoms with Gasteiger partial charge in [0.05, 0.1) is 19.8 Å². The summed E-state index contributed by atoms with van der Waals surface area (Å²) in [5.41, 5.74) is 8.66. The molecule has 110 valence electrons. The van der Waals surface area contributed by atoms with E-state index < -0.39 is 0 Å². The van der Waals surface area contributed by atoms with Crippen LogP contribution < -0.4 is 10.5 Å². The van der Waals surface area contributed by atoms with Gasteiger partial charge in [-0.3, -0.25) is 4.90 Å². The summed E-state index contributed by atoms with van der Waals surface area (Å²) < 4.78 is 11.0. The molecule has 1 aliphatic heterocycles. The van der Waals surface area contributed by atoms with Gasteiger partial charge >= 0.3 is 0 Å². The van der Waals surface area contributed by atoms with Gasteiger partial charge in [0, 0.05) is 25.7 Å².